The number of thiocarbonyl (C=S) groups is 1. The molecule has 1 saturated heterocycles. The number of nitrogens with one attached hydrogen (secondary N) is 2. The van der Waals surface area contributed by atoms with Crippen molar-refractivity contribution >= 4 is 34.1 Å². The Morgan fingerprint density at radius 1 is 1.11 bits per heavy atom. The summed E-state index contributed by atoms with van der Waals surface area (Å²) in [5.74, 6) is 1.37. The van der Waals surface area contributed by atoms with E-state index in [0.717, 1.165) is 30.8 Å². The van der Waals surface area contributed by atoms with Gasteiger partial charge in [0.2, 0.25) is 0 Å². The van der Waals surface area contributed by atoms with Crippen LogP contribution in [0.2, 0.25) is 0 Å². The van der Waals surface area contributed by atoms with Gasteiger partial charge >= 0.3 is 0 Å². The molecule has 9 heteroatoms. The Morgan fingerprint density at radius 3 is 2.57 bits per heavy atom. The second-order valence-electron chi connectivity index (χ2n) is 8.56. The monoisotopic (exact) mass is 497 g/mol. The second kappa shape index (κ2) is 12.0. The summed E-state index contributed by atoms with van der Waals surface area (Å²) in [6.07, 6.45) is 3.22. The van der Waals surface area contributed by atoms with Crippen molar-refractivity contribution in [3.8, 4) is 11.5 Å². The van der Waals surface area contributed by atoms with Crippen molar-refractivity contribution in [2.45, 2.75) is 32.2 Å². The first-order valence-corrected chi connectivity index (χ1v) is 12.3. The van der Waals surface area contributed by atoms with E-state index in [1.165, 1.54) is 12.8 Å². The van der Waals surface area contributed by atoms with Crippen molar-refractivity contribution in [3.63, 3.8) is 0 Å². The van der Waals surface area contributed by atoms with E-state index in [1.54, 1.807) is 30.3 Å². The van der Waals surface area contributed by atoms with Crippen LogP contribution < -0.4 is 20.3 Å². The molecule has 1 aliphatic rings. The number of fused-ring (bicyclic) bond motifs is 1. The number of nitrogens with zero attached hydrogens (tertiary/aromatic N) is 1. The van der Waals surface area contributed by atoms with Crippen LogP contribution in [0.15, 0.2) is 52.9 Å². The number of benzene rings is 2. The van der Waals surface area contributed by atoms with Gasteiger partial charge in [-0.25, -0.2) is 0 Å². The van der Waals surface area contributed by atoms with E-state index in [0.29, 0.717) is 36.5 Å². The van der Waals surface area contributed by atoms with Gasteiger partial charge in [-0.1, -0.05) is 19.1 Å². The largest absolute Gasteiger partial charge is 0.492 e. The van der Waals surface area contributed by atoms with Gasteiger partial charge in [-0.2, -0.15) is 0 Å². The fraction of sp³-hybridized carbons (Fsp3) is 0.385. The van der Waals surface area contributed by atoms with Crippen LogP contribution in [0.5, 0.6) is 11.5 Å². The summed E-state index contributed by atoms with van der Waals surface area (Å²) in [5, 5.41) is 12.7. The molecule has 8 nitrogen and oxygen atoms in total. The average molecular weight is 498 g/mol. The summed E-state index contributed by atoms with van der Waals surface area (Å²) in [7, 11) is 0. The van der Waals surface area contributed by atoms with Crippen LogP contribution >= 0.6 is 12.2 Å². The highest BCUT2D eigenvalue weighted by Crippen LogP contribution is 2.25. The van der Waals surface area contributed by atoms with E-state index >= 15 is 0 Å². The lowest BCUT2D eigenvalue weighted by Gasteiger charge is -2.17. The highest BCUT2D eigenvalue weighted by molar-refractivity contribution is 7.80. The number of hydrogen-bond acceptors (Lipinski definition) is 7. The van der Waals surface area contributed by atoms with Gasteiger partial charge in [0.05, 0.1) is 6.04 Å². The van der Waals surface area contributed by atoms with Crippen LogP contribution in [-0.4, -0.2) is 59.9 Å². The van der Waals surface area contributed by atoms with Crippen LogP contribution in [0.3, 0.4) is 0 Å². The lowest BCUT2D eigenvalue weighted by Crippen LogP contribution is -2.38. The molecule has 0 spiro atoms. The SMILES string of the molecule is CC[C@@H](COc1ccc(C(=S)NO)cc1)NC(=O)c1cc2cc(OCCN3CCCC3)ccc2o1. The molecule has 35 heavy (non-hydrogen) atoms. The summed E-state index contributed by atoms with van der Waals surface area (Å²) in [5.41, 5.74) is 3.28. The van der Waals surface area contributed by atoms with Gasteiger partial charge in [0.15, 0.2) is 5.76 Å². The smallest absolute Gasteiger partial charge is 0.287 e. The van der Waals surface area contributed by atoms with Gasteiger partial charge in [-0.3, -0.25) is 20.4 Å². The van der Waals surface area contributed by atoms with E-state index in [-0.39, 0.29) is 22.7 Å². The molecule has 2 heterocycles. The van der Waals surface area contributed by atoms with Crippen molar-refractivity contribution in [1.82, 2.24) is 15.7 Å². The van der Waals surface area contributed by atoms with Crippen LogP contribution in [0.4, 0.5) is 0 Å². The zero-order valence-electron chi connectivity index (χ0n) is 19.8. The summed E-state index contributed by atoms with van der Waals surface area (Å²) < 4.78 is 17.5. The fourth-order valence-corrected chi connectivity index (χ4v) is 4.14. The Morgan fingerprint density at radius 2 is 1.86 bits per heavy atom. The fourth-order valence-electron chi connectivity index (χ4n) is 4.00. The molecule has 0 radical (unpaired) electrons. The first kappa shape index (κ1) is 25.0. The average Bonchev–Trinajstić information content (AvgIpc) is 3.56. The summed E-state index contributed by atoms with van der Waals surface area (Å²) in [6.45, 7) is 6.15. The number of hydroxylamine groups is 1. The minimum absolute atomic E-state index is 0.194. The van der Waals surface area contributed by atoms with E-state index in [9.17, 15) is 4.79 Å². The topological polar surface area (TPSA) is 96.2 Å². The third-order valence-electron chi connectivity index (χ3n) is 6.08. The van der Waals surface area contributed by atoms with Crippen LogP contribution in [0, 0.1) is 0 Å². The molecule has 0 bridgehead atoms. The molecule has 3 N–H and O–H groups in total. The second-order valence-corrected chi connectivity index (χ2v) is 8.97. The number of rotatable bonds is 11. The number of ether oxygens (including phenoxy) is 2. The molecule has 3 aromatic rings. The number of carbonyl (C=O) groups is 1. The van der Waals surface area contributed by atoms with Crippen molar-refractivity contribution in [3.05, 3.63) is 59.9 Å². The molecule has 1 atom stereocenters. The van der Waals surface area contributed by atoms with Gasteiger partial charge in [0, 0.05) is 17.5 Å². The highest BCUT2D eigenvalue weighted by atomic mass is 32.1. The molecular formula is C26H31N3O5S. The predicted octanol–water partition coefficient (Wildman–Crippen LogP) is 4.15. The molecule has 1 aliphatic heterocycles. The maximum atomic E-state index is 12.8. The maximum absolute atomic E-state index is 12.8. The van der Waals surface area contributed by atoms with E-state index in [2.05, 4.69) is 10.2 Å². The zero-order chi connectivity index (χ0) is 24.6. The number of amides is 1. The van der Waals surface area contributed by atoms with Gasteiger partial charge < -0.3 is 19.2 Å². The summed E-state index contributed by atoms with van der Waals surface area (Å²) in [4.78, 5) is 15.5. The van der Waals surface area contributed by atoms with E-state index < -0.39 is 0 Å². The van der Waals surface area contributed by atoms with Crippen LogP contribution in [0.1, 0.15) is 42.3 Å². The molecule has 0 saturated carbocycles. The van der Waals surface area contributed by atoms with Crippen molar-refractivity contribution in [1.29, 1.82) is 0 Å². The molecule has 1 amide bonds. The normalized spacial score (nSPS) is 14.6. The number of likely N-dealkylation sites (tertiary alicyclic amines) is 1. The Bertz CT molecular complexity index is 1140. The van der Waals surface area contributed by atoms with Gasteiger partial charge in [-0.15, -0.1) is 0 Å². The van der Waals surface area contributed by atoms with Crippen LogP contribution in [0.25, 0.3) is 11.0 Å². The highest BCUT2D eigenvalue weighted by Gasteiger charge is 2.18. The predicted molar refractivity (Wildman–Crippen MR) is 137 cm³/mol. The number of furan rings is 1. The first-order valence-electron chi connectivity index (χ1n) is 11.9. The molecule has 186 valence electrons. The van der Waals surface area contributed by atoms with Gasteiger partial charge in [0.25, 0.3) is 5.91 Å². The molecule has 2 aromatic carbocycles. The quantitative estimate of drug-likeness (QED) is 0.269. The molecule has 0 aliphatic carbocycles. The Kier molecular flexibility index (Phi) is 8.57. The summed E-state index contributed by atoms with van der Waals surface area (Å²) >= 11 is 4.99. The molecule has 4 rings (SSSR count). The minimum Gasteiger partial charge on any atom is -0.492 e. The van der Waals surface area contributed by atoms with Gasteiger partial charge in [-0.05, 0) is 80.9 Å². The molecular weight excluding hydrogens is 466 g/mol. The standard InChI is InChI=1S/C26H31N3O5S/c1-2-20(17-33-21-7-5-18(6-8-21)26(35)28-31)27-25(30)24-16-19-15-22(9-10-23(19)34-24)32-14-13-29-11-3-4-12-29/h5-10,15-16,20,31H,2-4,11-14,17H2,1H3,(H,27,30)(H,28,35)/t20-/m0/s1. The van der Waals surface area contributed by atoms with Crippen molar-refractivity contribution in [2.75, 3.05) is 32.8 Å². The number of carbonyl (C=O) groups excluding carboxylic acids is 1. The number of hydrogen-bond donors (Lipinski definition) is 3. The third kappa shape index (κ3) is 6.72. The lowest BCUT2D eigenvalue weighted by atomic mass is 10.2. The Labute approximate surface area is 210 Å². The van der Waals surface area contributed by atoms with Crippen molar-refractivity contribution < 1.29 is 23.9 Å². The van der Waals surface area contributed by atoms with E-state index in [1.807, 2.05) is 30.6 Å². The summed E-state index contributed by atoms with van der Waals surface area (Å²) in [6, 6.07) is 14.2. The zero-order valence-corrected chi connectivity index (χ0v) is 20.6. The maximum Gasteiger partial charge on any atom is 0.287 e. The van der Waals surface area contributed by atoms with Crippen LogP contribution in [-0.2, 0) is 0 Å². The Hall–Kier alpha value is -3.14. The Balaban J connectivity index is 1.30. The molecule has 0 unspecified atom stereocenters. The van der Waals surface area contributed by atoms with E-state index in [4.69, 9.17) is 31.3 Å². The first-order chi connectivity index (χ1) is 17.1. The molecule has 1 aromatic heterocycles. The van der Waals surface area contributed by atoms with Crippen molar-refractivity contribution in [2.24, 2.45) is 0 Å². The lowest BCUT2D eigenvalue weighted by molar-refractivity contribution is 0.0894. The molecule has 1 fully saturated rings. The van der Waals surface area contributed by atoms with Gasteiger partial charge in [0.1, 0.15) is 35.3 Å². The minimum atomic E-state index is -0.289. The third-order valence-corrected chi connectivity index (χ3v) is 6.41.